The predicted molar refractivity (Wildman–Crippen MR) is 132 cm³/mol. The summed E-state index contributed by atoms with van der Waals surface area (Å²) in [4.78, 5) is 34.3. The molecule has 0 fully saturated rings. The molecule has 0 aliphatic carbocycles. The second kappa shape index (κ2) is 10.3. The molecule has 2 N–H and O–H groups in total. The fraction of sp³-hybridized carbons (Fsp3) is 0.259. The van der Waals surface area contributed by atoms with Gasteiger partial charge < -0.3 is 10.6 Å². The number of nitrogens with zero attached hydrogens (tertiary/aromatic N) is 2. The molecule has 36 heavy (non-hydrogen) atoms. The molecule has 1 aliphatic heterocycles. The molecule has 2 atom stereocenters. The van der Waals surface area contributed by atoms with Gasteiger partial charge in [-0.1, -0.05) is 62.4 Å². The Bertz CT molecular complexity index is 1320. The third-order valence-corrected chi connectivity index (χ3v) is 5.99. The smallest absolute Gasteiger partial charge is 0.251 e. The van der Waals surface area contributed by atoms with Gasteiger partial charge in [0.25, 0.3) is 5.95 Å². The van der Waals surface area contributed by atoms with E-state index in [2.05, 4.69) is 20.6 Å². The number of hydrogen-bond donors (Lipinski definition) is 2. The van der Waals surface area contributed by atoms with Gasteiger partial charge in [-0.2, -0.15) is 8.78 Å². The van der Waals surface area contributed by atoms with Crippen LogP contribution < -0.4 is 10.6 Å². The molecule has 1 aromatic heterocycles. The molecule has 2 aromatic carbocycles. The number of halogens is 3. The van der Waals surface area contributed by atoms with Crippen LogP contribution in [0.1, 0.15) is 37.1 Å². The number of benzodiazepines with no additional fused rings is 1. The summed E-state index contributed by atoms with van der Waals surface area (Å²) in [6.45, 7) is 4.55. The summed E-state index contributed by atoms with van der Waals surface area (Å²) in [5.41, 5.74) is 1.47. The molecular formula is C27H25F3N4O2. The number of rotatable bonds is 7. The van der Waals surface area contributed by atoms with Crippen molar-refractivity contribution in [1.82, 2.24) is 4.98 Å². The summed E-state index contributed by atoms with van der Waals surface area (Å²) < 4.78 is 42.8. The van der Waals surface area contributed by atoms with Gasteiger partial charge in [0.15, 0.2) is 11.6 Å². The quantitative estimate of drug-likeness (QED) is 0.450. The first-order valence-corrected chi connectivity index (χ1v) is 11.5. The van der Waals surface area contributed by atoms with Crippen LogP contribution in [0.4, 0.5) is 24.5 Å². The minimum atomic E-state index is -1.51. The predicted octanol–water partition coefficient (Wildman–Crippen LogP) is 5.06. The summed E-state index contributed by atoms with van der Waals surface area (Å²) in [6.07, 6.45) is -0.332. The van der Waals surface area contributed by atoms with Crippen molar-refractivity contribution in [2.75, 3.05) is 10.6 Å². The SMILES string of the molecule is Cc1nc(F)c(F)c(N[C@@H](C(=O)CC2N=C(c3ccccc3)c3ccccc3NC2=O)C(C)C)c1F. The summed E-state index contributed by atoms with van der Waals surface area (Å²) in [7, 11) is 0. The number of hydrogen-bond acceptors (Lipinski definition) is 5. The summed E-state index contributed by atoms with van der Waals surface area (Å²) >= 11 is 0. The Morgan fingerprint density at radius 2 is 1.69 bits per heavy atom. The van der Waals surface area contributed by atoms with E-state index < -0.39 is 53.0 Å². The maximum Gasteiger partial charge on any atom is 0.251 e. The normalized spacial score (nSPS) is 16.0. The molecule has 0 saturated heterocycles. The van der Waals surface area contributed by atoms with Crippen molar-refractivity contribution < 1.29 is 22.8 Å². The Balaban J connectivity index is 1.68. The molecular weight excluding hydrogens is 469 g/mol. The van der Waals surface area contributed by atoms with Crippen LogP contribution in [0.25, 0.3) is 0 Å². The van der Waals surface area contributed by atoms with E-state index in [9.17, 15) is 22.8 Å². The van der Waals surface area contributed by atoms with Crippen LogP contribution in [0.2, 0.25) is 0 Å². The average molecular weight is 495 g/mol. The zero-order valence-electron chi connectivity index (χ0n) is 20.0. The largest absolute Gasteiger partial charge is 0.370 e. The maximum atomic E-state index is 14.6. The van der Waals surface area contributed by atoms with Gasteiger partial charge >= 0.3 is 0 Å². The number of para-hydroxylation sites is 1. The van der Waals surface area contributed by atoms with E-state index in [0.29, 0.717) is 17.0 Å². The van der Waals surface area contributed by atoms with Crippen molar-refractivity contribution in [3.63, 3.8) is 0 Å². The topological polar surface area (TPSA) is 83.4 Å². The monoisotopic (exact) mass is 494 g/mol. The molecule has 0 bridgehead atoms. The second-order valence-corrected chi connectivity index (χ2v) is 8.92. The van der Waals surface area contributed by atoms with E-state index in [-0.39, 0.29) is 12.1 Å². The highest BCUT2D eigenvalue weighted by Crippen LogP contribution is 2.28. The number of ketones is 1. The first-order valence-electron chi connectivity index (χ1n) is 11.5. The molecule has 1 amide bonds. The minimum Gasteiger partial charge on any atom is -0.370 e. The van der Waals surface area contributed by atoms with Crippen LogP contribution in [0.15, 0.2) is 59.6 Å². The fourth-order valence-corrected chi connectivity index (χ4v) is 4.11. The highest BCUT2D eigenvalue weighted by molar-refractivity contribution is 6.20. The van der Waals surface area contributed by atoms with Crippen LogP contribution in [0, 0.1) is 30.4 Å². The summed E-state index contributed by atoms with van der Waals surface area (Å²) in [5.74, 6) is -5.47. The van der Waals surface area contributed by atoms with Gasteiger partial charge in [0.1, 0.15) is 11.7 Å². The molecule has 0 radical (unpaired) electrons. The molecule has 2 heterocycles. The number of anilines is 2. The van der Waals surface area contributed by atoms with Crippen molar-refractivity contribution in [2.24, 2.45) is 10.9 Å². The van der Waals surface area contributed by atoms with Gasteiger partial charge in [-0.3, -0.25) is 14.6 Å². The van der Waals surface area contributed by atoms with Crippen LogP contribution in [0.3, 0.4) is 0 Å². The number of carbonyl (C=O) groups is 2. The number of amides is 1. The number of benzene rings is 2. The van der Waals surface area contributed by atoms with E-state index in [1.807, 2.05) is 42.5 Å². The number of Topliss-reactive ketones (excluding diaryl/α,β-unsaturated/α-hetero) is 1. The van der Waals surface area contributed by atoms with Gasteiger partial charge in [-0.25, -0.2) is 9.37 Å². The molecule has 1 aliphatic rings. The van der Waals surface area contributed by atoms with Crippen molar-refractivity contribution in [2.45, 2.75) is 39.3 Å². The molecule has 186 valence electrons. The number of aliphatic imine (C=N–C) groups is 1. The first-order chi connectivity index (χ1) is 17.2. The van der Waals surface area contributed by atoms with E-state index >= 15 is 0 Å². The highest BCUT2D eigenvalue weighted by Gasteiger charge is 2.33. The Kier molecular flexibility index (Phi) is 7.19. The number of pyridine rings is 1. The van der Waals surface area contributed by atoms with Crippen LogP contribution >= 0.6 is 0 Å². The van der Waals surface area contributed by atoms with E-state index in [1.54, 1.807) is 26.0 Å². The number of carbonyl (C=O) groups excluding carboxylic acids is 2. The lowest BCUT2D eigenvalue weighted by molar-refractivity contribution is -0.124. The molecule has 0 spiro atoms. The van der Waals surface area contributed by atoms with Crippen molar-refractivity contribution in [3.05, 3.63) is 89.0 Å². The lowest BCUT2D eigenvalue weighted by Gasteiger charge is -2.24. The van der Waals surface area contributed by atoms with Gasteiger partial charge in [0.05, 0.1) is 23.1 Å². The molecule has 6 nitrogen and oxygen atoms in total. The zero-order valence-corrected chi connectivity index (χ0v) is 20.0. The van der Waals surface area contributed by atoms with E-state index in [1.165, 1.54) is 6.92 Å². The molecule has 9 heteroatoms. The number of nitrogens with one attached hydrogen (secondary N) is 2. The highest BCUT2D eigenvalue weighted by atomic mass is 19.2. The van der Waals surface area contributed by atoms with Crippen molar-refractivity contribution >= 4 is 28.8 Å². The Morgan fingerprint density at radius 3 is 2.39 bits per heavy atom. The second-order valence-electron chi connectivity index (χ2n) is 8.92. The van der Waals surface area contributed by atoms with E-state index in [4.69, 9.17) is 0 Å². The summed E-state index contributed by atoms with van der Waals surface area (Å²) in [5, 5.41) is 5.34. The molecule has 1 unspecified atom stereocenters. The maximum absolute atomic E-state index is 14.6. The van der Waals surface area contributed by atoms with Crippen LogP contribution in [0.5, 0.6) is 0 Å². The van der Waals surface area contributed by atoms with Gasteiger partial charge in [0, 0.05) is 17.5 Å². The lowest BCUT2D eigenvalue weighted by Crippen LogP contribution is -2.39. The van der Waals surface area contributed by atoms with Crippen molar-refractivity contribution in [1.29, 1.82) is 0 Å². The third kappa shape index (κ3) is 5.00. The van der Waals surface area contributed by atoms with Crippen LogP contribution in [-0.2, 0) is 9.59 Å². The standard InChI is InChI=1S/C27H25F3N4O2/c1-14(2)23(34-25-21(28)15(3)31-26(30)22(25)29)20(35)13-19-27(36)33-18-12-8-7-11-17(18)24(32-19)16-9-5-4-6-10-16/h4-12,14,19,23H,13H2,1-3H3,(H,31,34)(H,33,36)/t19?,23-/m1/s1. The van der Waals surface area contributed by atoms with Crippen molar-refractivity contribution in [3.8, 4) is 0 Å². The molecule has 3 aromatic rings. The fourth-order valence-electron chi connectivity index (χ4n) is 4.11. The minimum absolute atomic E-state index is 0.332. The molecule has 0 saturated carbocycles. The average Bonchev–Trinajstić information content (AvgIpc) is 2.99. The molecule has 4 rings (SSSR count). The number of fused-ring (bicyclic) bond motifs is 1. The first kappa shape index (κ1) is 25.1. The van der Waals surface area contributed by atoms with Gasteiger partial charge in [-0.05, 0) is 18.9 Å². The summed E-state index contributed by atoms with van der Waals surface area (Å²) in [6, 6.07) is 14.3. The zero-order chi connectivity index (χ0) is 26.0. The number of aryl methyl sites for hydroxylation is 1. The third-order valence-electron chi connectivity index (χ3n) is 5.99. The Labute approximate surface area is 206 Å². The van der Waals surface area contributed by atoms with Gasteiger partial charge in [0.2, 0.25) is 11.7 Å². The van der Waals surface area contributed by atoms with E-state index in [0.717, 1.165) is 5.56 Å². The Hall–Kier alpha value is -4.01. The Morgan fingerprint density at radius 1 is 1.03 bits per heavy atom. The lowest BCUT2D eigenvalue weighted by atomic mass is 9.94. The van der Waals surface area contributed by atoms with Gasteiger partial charge in [-0.15, -0.1) is 0 Å². The van der Waals surface area contributed by atoms with Crippen LogP contribution in [-0.4, -0.2) is 34.5 Å². The number of aromatic nitrogens is 1.